The molecule has 0 aromatic rings. The third-order valence-corrected chi connectivity index (χ3v) is 2.02. The van der Waals surface area contributed by atoms with Gasteiger partial charge in [0.05, 0.1) is 0 Å². The first-order chi connectivity index (χ1) is 6.22. The third kappa shape index (κ3) is 6.63. The minimum absolute atomic E-state index is 0.0221. The number of nitrogens with zero attached hydrogens (tertiary/aromatic N) is 2. The van der Waals surface area contributed by atoms with Crippen LogP contribution in [0.1, 0.15) is 40.5 Å². The minimum Gasteiger partial charge on any atom is -0.366 e. The lowest BCUT2D eigenvalue weighted by Crippen LogP contribution is -2.20. The summed E-state index contributed by atoms with van der Waals surface area (Å²) >= 11 is 0. The van der Waals surface area contributed by atoms with Gasteiger partial charge < -0.3 is 4.90 Å². The molecule has 0 aliphatic carbocycles. The van der Waals surface area contributed by atoms with Crippen molar-refractivity contribution in [1.82, 2.24) is 4.90 Å². The van der Waals surface area contributed by atoms with Crippen LogP contribution in [0, 0.1) is 5.41 Å². The Morgan fingerprint density at radius 1 is 1.29 bits per heavy atom. The third-order valence-electron chi connectivity index (χ3n) is 2.02. The number of aliphatic imine (C=N–C) groups is 1. The first-order valence-corrected chi connectivity index (χ1v) is 4.98. The van der Waals surface area contributed by atoms with Crippen molar-refractivity contribution in [3.8, 4) is 0 Å². The zero-order valence-electron chi connectivity index (χ0n) is 10.2. The van der Waals surface area contributed by atoms with Crippen molar-refractivity contribution in [2.24, 2.45) is 10.4 Å². The maximum Gasteiger partial charge on any atom is 0.247 e. The molecule has 14 heavy (non-hydrogen) atoms. The predicted molar refractivity (Wildman–Crippen MR) is 60.5 cm³/mol. The minimum atomic E-state index is -0.0221. The Labute approximate surface area is 87.2 Å². The zero-order valence-corrected chi connectivity index (χ0v) is 10.2. The number of hydrogen-bond donors (Lipinski definition) is 0. The summed E-state index contributed by atoms with van der Waals surface area (Å²) in [5.41, 5.74) is 0.206. The summed E-state index contributed by atoms with van der Waals surface area (Å²) < 4.78 is 0. The molecule has 0 radical (unpaired) electrons. The second-order valence-electron chi connectivity index (χ2n) is 5.01. The Hall–Kier alpha value is -0.860. The van der Waals surface area contributed by atoms with Crippen LogP contribution >= 0.6 is 0 Å². The number of amides is 1. The van der Waals surface area contributed by atoms with E-state index >= 15 is 0 Å². The quantitative estimate of drug-likeness (QED) is 0.504. The van der Waals surface area contributed by atoms with Crippen LogP contribution in [0.4, 0.5) is 0 Å². The highest BCUT2D eigenvalue weighted by Gasteiger charge is 2.12. The fourth-order valence-corrected chi connectivity index (χ4v) is 0.818. The predicted octanol–water partition coefficient (Wildman–Crippen LogP) is 2.32. The molecule has 0 aromatic carbocycles. The van der Waals surface area contributed by atoms with E-state index in [1.54, 1.807) is 0 Å². The van der Waals surface area contributed by atoms with Gasteiger partial charge in [-0.2, -0.15) is 0 Å². The van der Waals surface area contributed by atoms with Crippen molar-refractivity contribution in [1.29, 1.82) is 0 Å². The number of rotatable bonds is 2. The highest BCUT2D eigenvalue weighted by atomic mass is 16.1. The van der Waals surface area contributed by atoms with Crippen molar-refractivity contribution in [2.75, 3.05) is 14.1 Å². The average molecular weight is 198 g/mol. The average Bonchev–Trinajstić information content (AvgIpc) is 1.99. The fourth-order valence-electron chi connectivity index (χ4n) is 0.818. The van der Waals surface area contributed by atoms with Crippen LogP contribution in [0.15, 0.2) is 4.99 Å². The van der Waals surface area contributed by atoms with E-state index in [9.17, 15) is 4.79 Å². The summed E-state index contributed by atoms with van der Waals surface area (Å²) in [6, 6.07) is 0. The molecule has 0 atom stereocenters. The zero-order chi connectivity index (χ0) is 11.4. The molecule has 1 amide bonds. The van der Waals surface area contributed by atoms with Crippen LogP contribution in [0.25, 0.3) is 0 Å². The lowest BCUT2D eigenvalue weighted by molar-refractivity contribution is -0.118. The van der Waals surface area contributed by atoms with E-state index in [1.807, 2.05) is 25.9 Å². The van der Waals surface area contributed by atoms with Crippen molar-refractivity contribution in [2.45, 2.75) is 40.5 Å². The SMILES string of the molecule is CC(=NC(=O)CCC(C)(C)C)N(C)C. The topological polar surface area (TPSA) is 32.7 Å². The van der Waals surface area contributed by atoms with Gasteiger partial charge in [0.1, 0.15) is 5.84 Å². The summed E-state index contributed by atoms with van der Waals surface area (Å²) in [4.78, 5) is 17.2. The van der Waals surface area contributed by atoms with Gasteiger partial charge in [0.2, 0.25) is 5.91 Å². The van der Waals surface area contributed by atoms with Crippen LogP contribution in [0.5, 0.6) is 0 Å². The van der Waals surface area contributed by atoms with Crippen molar-refractivity contribution in [3.05, 3.63) is 0 Å². The molecule has 0 aromatic heterocycles. The van der Waals surface area contributed by atoms with E-state index < -0.39 is 0 Å². The van der Waals surface area contributed by atoms with Crippen molar-refractivity contribution in [3.63, 3.8) is 0 Å². The fraction of sp³-hybridized carbons (Fsp3) is 0.818. The van der Waals surface area contributed by atoms with E-state index in [4.69, 9.17) is 0 Å². The molecule has 0 saturated carbocycles. The van der Waals surface area contributed by atoms with Gasteiger partial charge in [0.25, 0.3) is 0 Å². The molecule has 0 unspecified atom stereocenters. The molecule has 0 saturated heterocycles. The number of amidine groups is 1. The molecule has 0 aliphatic heterocycles. The molecular weight excluding hydrogens is 176 g/mol. The second kappa shape index (κ2) is 5.13. The molecule has 3 nitrogen and oxygen atoms in total. The monoisotopic (exact) mass is 198 g/mol. The Morgan fingerprint density at radius 3 is 2.14 bits per heavy atom. The summed E-state index contributed by atoms with van der Waals surface area (Å²) in [5, 5.41) is 0. The van der Waals surface area contributed by atoms with Gasteiger partial charge in [-0.05, 0) is 18.8 Å². The van der Waals surface area contributed by atoms with Gasteiger partial charge in [-0.15, -0.1) is 0 Å². The van der Waals surface area contributed by atoms with Crippen LogP contribution in [0.3, 0.4) is 0 Å². The highest BCUT2D eigenvalue weighted by molar-refractivity contribution is 5.92. The Balaban J connectivity index is 4.06. The van der Waals surface area contributed by atoms with Crippen LogP contribution in [-0.4, -0.2) is 30.7 Å². The Kier molecular flexibility index (Phi) is 4.81. The summed E-state index contributed by atoms with van der Waals surface area (Å²) in [5.74, 6) is 0.745. The molecule has 82 valence electrons. The van der Waals surface area contributed by atoms with Crippen molar-refractivity contribution < 1.29 is 4.79 Å². The van der Waals surface area contributed by atoms with Gasteiger partial charge in [0, 0.05) is 20.5 Å². The standard InChI is InChI=1S/C11H22N2O/c1-9(13(5)6)12-10(14)7-8-11(2,3)4/h7-8H2,1-6H3. The number of carbonyl (C=O) groups is 1. The Bertz CT molecular complexity index is 224. The maximum absolute atomic E-state index is 11.4. The molecule has 0 bridgehead atoms. The van der Waals surface area contributed by atoms with E-state index in [1.165, 1.54) is 0 Å². The van der Waals surface area contributed by atoms with Crippen LogP contribution < -0.4 is 0 Å². The molecule has 0 spiro atoms. The van der Waals surface area contributed by atoms with Crippen LogP contribution in [0.2, 0.25) is 0 Å². The molecule has 0 N–H and O–H groups in total. The second-order valence-corrected chi connectivity index (χ2v) is 5.01. The number of carbonyl (C=O) groups excluding carboxylic acids is 1. The summed E-state index contributed by atoms with van der Waals surface area (Å²) in [6.45, 7) is 8.23. The first-order valence-electron chi connectivity index (χ1n) is 4.98. The number of hydrogen-bond acceptors (Lipinski definition) is 1. The van der Waals surface area contributed by atoms with Crippen LogP contribution in [-0.2, 0) is 4.79 Å². The van der Waals surface area contributed by atoms with E-state index in [2.05, 4.69) is 25.8 Å². The molecule has 0 heterocycles. The molecule has 0 fully saturated rings. The smallest absolute Gasteiger partial charge is 0.247 e. The van der Waals surface area contributed by atoms with E-state index in [-0.39, 0.29) is 11.3 Å². The lowest BCUT2D eigenvalue weighted by Gasteiger charge is -2.16. The Morgan fingerprint density at radius 2 is 1.79 bits per heavy atom. The normalized spacial score (nSPS) is 12.9. The van der Waals surface area contributed by atoms with Crippen molar-refractivity contribution >= 4 is 11.7 Å². The van der Waals surface area contributed by atoms with Gasteiger partial charge in [0.15, 0.2) is 0 Å². The van der Waals surface area contributed by atoms with Gasteiger partial charge in [-0.1, -0.05) is 20.8 Å². The lowest BCUT2D eigenvalue weighted by atomic mass is 9.90. The molecule has 0 rings (SSSR count). The maximum atomic E-state index is 11.4. The molecular formula is C11H22N2O. The molecule has 0 aliphatic rings. The van der Waals surface area contributed by atoms with E-state index in [0.29, 0.717) is 6.42 Å². The summed E-state index contributed by atoms with van der Waals surface area (Å²) in [7, 11) is 3.77. The largest absolute Gasteiger partial charge is 0.366 e. The molecule has 3 heteroatoms. The summed E-state index contributed by atoms with van der Waals surface area (Å²) in [6.07, 6.45) is 1.42. The van der Waals surface area contributed by atoms with E-state index in [0.717, 1.165) is 12.3 Å². The van der Waals surface area contributed by atoms with Gasteiger partial charge in [-0.25, -0.2) is 4.99 Å². The van der Waals surface area contributed by atoms with Gasteiger partial charge in [-0.3, -0.25) is 4.79 Å². The van der Waals surface area contributed by atoms with Gasteiger partial charge >= 0.3 is 0 Å². The first kappa shape index (κ1) is 13.1. The highest BCUT2D eigenvalue weighted by Crippen LogP contribution is 2.20.